The van der Waals surface area contributed by atoms with Crippen molar-refractivity contribution >= 4 is 17.7 Å². The fraction of sp³-hybridized carbons (Fsp3) is 0.667. The summed E-state index contributed by atoms with van der Waals surface area (Å²) in [5.74, 6) is 1.73. The van der Waals surface area contributed by atoms with Gasteiger partial charge in [-0.05, 0) is 12.2 Å². The first-order chi connectivity index (χ1) is 7.83. The van der Waals surface area contributed by atoms with Crippen molar-refractivity contribution in [3.05, 3.63) is 12.4 Å². The third-order valence-corrected chi connectivity index (χ3v) is 2.86. The minimum absolute atomic E-state index is 0.0618. The van der Waals surface area contributed by atoms with E-state index in [1.165, 1.54) is 10.9 Å². The first-order valence-electron chi connectivity index (χ1n) is 5.12. The van der Waals surface area contributed by atoms with E-state index in [0.29, 0.717) is 6.54 Å². The number of hydrogen-bond acceptors (Lipinski definition) is 5. The predicted octanol–water partition coefficient (Wildman–Crippen LogP) is -0.490. The fourth-order valence-electron chi connectivity index (χ4n) is 1.05. The summed E-state index contributed by atoms with van der Waals surface area (Å²) in [6.07, 6.45) is 3.99. The highest BCUT2D eigenvalue weighted by Gasteiger charge is 2.01. The molecule has 0 aliphatic rings. The molecule has 1 amide bonds. The number of carbonyl (C=O) groups is 1. The normalized spacial score (nSPS) is 10.3. The van der Waals surface area contributed by atoms with Gasteiger partial charge in [-0.15, -0.1) is 5.10 Å². The highest BCUT2D eigenvalue weighted by atomic mass is 32.2. The van der Waals surface area contributed by atoms with Crippen LogP contribution in [0.15, 0.2) is 12.4 Å². The summed E-state index contributed by atoms with van der Waals surface area (Å²) in [5.41, 5.74) is 0. The first-order valence-corrected chi connectivity index (χ1v) is 6.28. The Morgan fingerprint density at radius 3 is 3.06 bits per heavy atom. The first kappa shape index (κ1) is 13.0. The number of thioether (sulfide) groups is 1. The van der Waals surface area contributed by atoms with Gasteiger partial charge in [0, 0.05) is 25.1 Å². The standard InChI is InChI=1S/C9H16N4O2S/c14-5-1-6-16-7-3-10-9(15)8-13-4-2-11-12-13/h2,4,14H,1,3,5-8H2,(H,10,15). The molecule has 0 saturated heterocycles. The number of aliphatic hydroxyl groups excluding tert-OH is 1. The van der Waals surface area contributed by atoms with Crippen LogP contribution in [0.25, 0.3) is 0 Å². The summed E-state index contributed by atoms with van der Waals surface area (Å²) in [6, 6.07) is 0. The lowest BCUT2D eigenvalue weighted by molar-refractivity contribution is -0.121. The number of nitrogens with one attached hydrogen (secondary N) is 1. The maximum absolute atomic E-state index is 11.4. The molecule has 90 valence electrons. The lowest BCUT2D eigenvalue weighted by Gasteiger charge is -2.04. The molecule has 16 heavy (non-hydrogen) atoms. The number of aromatic nitrogens is 3. The zero-order valence-corrected chi connectivity index (χ0v) is 9.82. The van der Waals surface area contributed by atoms with Gasteiger partial charge in [-0.1, -0.05) is 5.21 Å². The summed E-state index contributed by atoms with van der Waals surface area (Å²) in [7, 11) is 0. The van der Waals surface area contributed by atoms with Gasteiger partial charge < -0.3 is 10.4 Å². The molecule has 7 heteroatoms. The lowest BCUT2D eigenvalue weighted by atomic mass is 10.5. The third-order valence-electron chi connectivity index (χ3n) is 1.79. The predicted molar refractivity (Wildman–Crippen MR) is 62.1 cm³/mol. The van der Waals surface area contributed by atoms with E-state index in [4.69, 9.17) is 5.11 Å². The minimum atomic E-state index is -0.0618. The Morgan fingerprint density at radius 1 is 1.50 bits per heavy atom. The number of amides is 1. The number of carbonyl (C=O) groups excluding carboxylic acids is 1. The van der Waals surface area contributed by atoms with Gasteiger partial charge in [0.1, 0.15) is 6.54 Å². The van der Waals surface area contributed by atoms with E-state index in [0.717, 1.165) is 17.9 Å². The monoisotopic (exact) mass is 244 g/mol. The molecule has 0 saturated carbocycles. The molecule has 0 aliphatic heterocycles. The van der Waals surface area contributed by atoms with Gasteiger partial charge in [0.15, 0.2) is 0 Å². The molecule has 2 N–H and O–H groups in total. The van der Waals surface area contributed by atoms with Crippen molar-refractivity contribution < 1.29 is 9.90 Å². The molecule has 6 nitrogen and oxygen atoms in total. The minimum Gasteiger partial charge on any atom is -0.396 e. The zero-order valence-electron chi connectivity index (χ0n) is 9.00. The van der Waals surface area contributed by atoms with Crippen molar-refractivity contribution in [1.82, 2.24) is 20.3 Å². The van der Waals surface area contributed by atoms with Gasteiger partial charge in [-0.2, -0.15) is 11.8 Å². The Labute approximate surface area is 98.4 Å². The van der Waals surface area contributed by atoms with Crippen LogP contribution in [0, 0.1) is 0 Å². The highest BCUT2D eigenvalue weighted by molar-refractivity contribution is 7.99. The van der Waals surface area contributed by atoms with E-state index >= 15 is 0 Å². The van der Waals surface area contributed by atoms with Crippen LogP contribution in [0.2, 0.25) is 0 Å². The maximum atomic E-state index is 11.4. The molecule has 0 unspecified atom stereocenters. The molecular weight excluding hydrogens is 228 g/mol. The van der Waals surface area contributed by atoms with Gasteiger partial charge in [0.25, 0.3) is 0 Å². The van der Waals surface area contributed by atoms with E-state index in [2.05, 4.69) is 15.6 Å². The van der Waals surface area contributed by atoms with Crippen LogP contribution in [0.5, 0.6) is 0 Å². The fourth-order valence-corrected chi connectivity index (χ4v) is 1.84. The second-order valence-electron chi connectivity index (χ2n) is 3.14. The van der Waals surface area contributed by atoms with Crippen molar-refractivity contribution in [3.63, 3.8) is 0 Å². The third kappa shape index (κ3) is 5.72. The van der Waals surface area contributed by atoms with Crippen molar-refractivity contribution in [3.8, 4) is 0 Å². The summed E-state index contributed by atoms with van der Waals surface area (Å²) in [5, 5.41) is 18.7. The van der Waals surface area contributed by atoms with Crippen LogP contribution in [-0.4, -0.2) is 50.7 Å². The van der Waals surface area contributed by atoms with Gasteiger partial charge in [0.2, 0.25) is 5.91 Å². The number of rotatable bonds is 8. The average molecular weight is 244 g/mol. The van der Waals surface area contributed by atoms with Crippen molar-refractivity contribution in [2.75, 3.05) is 24.7 Å². The molecule has 1 aromatic rings. The van der Waals surface area contributed by atoms with E-state index < -0.39 is 0 Å². The largest absolute Gasteiger partial charge is 0.396 e. The summed E-state index contributed by atoms with van der Waals surface area (Å²) in [4.78, 5) is 11.4. The molecule has 0 fully saturated rings. The Balaban J connectivity index is 1.98. The molecule has 0 radical (unpaired) electrons. The lowest BCUT2D eigenvalue weighted by Crippen LogP contribution is -2.29. The van der Waals surface area contributed by atoms with E-state index in [1.807, 2.05) is 0 Å². The van der Waals surface area contributed by atoms with E-state index in [-0.39, 0.29) is 19.1 Å². The second-order valence-corrected chi connectivity index (χ2v) is 4.36. The Kier molecular flexibility index (Phi) is 6.59. The van der Waals surface area contributed by atoms with Crippen LogP contribution in [0.3, 0.4) is 0 Å². The van der Waals surface area contributed by atoms with Crippen LogP contribution < -0.4 is 5.32 Å². The second kappa shape index (κ2) is 8.12. The van der Waals surface area contributed by atoms with Crippen LogP contribution >= 0.6 is 11.8 Å². The summed E-state index contributed by atoms with van der Waals surface area (Å²) in [6.45, 7) is 1.08. The molecule has 0 aliphatic carbocycles. The maximum Gasteiger partial charge on any atom is 0.241 e. The molecule has 0 aromatic carbocycles. The number of aliphatic hydroxyl groups is 1. The number of hydrogen-bond donors (Lipinski definition) is 2. The Morgan fingerprint density at radius 2 is 2.38 bits per heavy atom. The quantitative estimate of drug-likeness (QED) is 0.603. The Bertz CT molecular complexity index is 292. The van der Waals surface area contributed by atoms with Gasteiger partial charge >= 0.3 is 0 Å². The molecule has 0 bridgehead atoms. The van der Waals surface area contributed by atoms with Crippen LogP contribution in [0.1, 0.15) is 6.42 Å². The number of nitrogens with zero attached hydrogens (tertiary/aromatic N) is 3. The van der Waals surface area contributed by atoms with Crippen LogP contribution in [0.4, 0.5) is 0 Å². The zero-order chi connectivity index (χ0) is 11.6. The van der Waals surface area contributed by atoms with E-state index in [1.54, 1.807) is 18.0 Å². The van der Waals surface area contributed by atoms with Gasteiger partial charge in [-0.25, -0.2) is 4.68 Å². The molecule has 0 atom stereocenters. The molecule has 1 aromatic heterocycles. The van der Waals surface area contributed by atoms with E-state index in [9.17, 15) is 4.79 Å². The average Bonchev–Trinajstić information content (AvgIpc) is 2.76. The highest BCUT2D eigenvalue weighted by Crippen LogP contribution is 1.99. The van der Waals surface area contributed by atoms with Crippen molar-refractivity contribution in [2.24, 2.45) is 0 Å². The van der Waals surface area contributed by atoms with Gasteiger partial charge in [-0.3, -0.25) is 4.79 Å². The molecule has 0 spiro atoms. The van der Waals surface area contributed by atoms with Gasteiger partial charge in [0.05, 0.1) is 6.20 Å². The molecular formula is C9H16N4O2S. The summed E-state index contributed by atoms with van der Waals surface area (Å²) < 4.78 is 1.48. The van der Waals surface area contributed by atoms with Crippen molar-refractivity contribution in [2.45, 2.75) is 13.0 Å². The SMILES string of the molecule is O=C(Cn1ccnn1)NCCSCCCO. The topological polar surface area (TPSA) is 80.0 Å². The van der Waals surface area contributed by atoms with Crippen molar-refractivity contribution in [1.29, 1.82) is 0 Å². The molecule has 1 rings (SSSR count). The Hall–Kier alpha value is -1.08. The summed E-state index contributed by atoms with van der Waals surface area (Å²) >= 11 is 1.72. The van der Waals surface area contributed by atoms with Crippen LogP contribution in [-0.2, 0) is 11.3 Å². The molecule has 1 heterocycles. The smallest absolute Gasteiger partial charge is 0.241 e.